The zero-order valence-corrected chi connectivity index (χ0v) is 24.6. The largest absolute Gasteiger partial charge is 0.444 e. The van der Waals surface area contributed by atoms with Crippen molar-refractivity contribution < 1.29 is 19.4 Å². The quantitative estimate of drug-likeness (QED) is 0.319. The Kier molecular flexibility index (Phi) is 8.68. The lowest BCUT2D eigenvalue weighted by Crippen LogP contribution is -2.56. The Bertz CT molecular complexity index is 1320. The van der Waals surface area contributed by atoms with Crippen LogP contribution in [-0.2, 0) is 22.4 Å². The van der Waals surface area contributed by atoms with Gasteiger partial charge in [0, 0.05) is 53.7 Å². The monoisotopic (exact) mass is 555 g/mol. The van der Waals surface area contributed by atoms with E-state index in [9.17, 15) is 14.7 Å². The van der Waals surface area contributed by atoms with Gasteiger partial charge in [0.05, 0.1) is 10.7 Å². The number of ether oxygens (including phenoxy) is 1. The van der Waals surface area contributed by atoms with Gasteiger partial charge in [0.1, 0.15) is 11.6 Å². The van der Waals surface area contributed by atoms with Crippen molar-refractivity contribution in [1.29, 1.82) is 0 Å². The number of hydrogen-bond donors (Lipinski definition) is 4. The van der Waals surface area contributed by atoms with E-state index in [-0.39, 0.29) is 24.3 Å². The number of aromatic nitrogens is 2. The maximum Gasteiger partial charge on any atom is 0.408 e. The minimum atomic E-state index is -0.799. The van der Waals surface area contributed by atoms with Gasteiger partial charge in [-0.2, -0.15) is 0 Å². The normalized spacial score (nSPS) is 15.4. The number of thiazole rings is 1. The minimum absolute atomic E-state index is 0.110. The van der Waals surface area contributed by atoms with Gasteiger partial charge in [-0.05, 0) is 70.1 Å². The van der Waals surface area contributed by atoms with E-state index in [0.29, 0.717) is 6.54 Å². The highest BCUT2D eigenvalue weighted by molar-refractivity contribution is 7.10. The number of aryl methyl sites for hydroxylation is 1. The number of amides is 2. The molecule has 2 amide bonds. The third kappa shape index (κ3) is 7.38. The van der Waals surface area contributed by atoms with Crippen LogP contribution in [0.5, 0.6) is 0 Å². The number of H-pyrrole nitrogens is 1. The molecule has 9 nitrogen and oxygen atoms in total. The van der Waals surface area contributed by atoms with Gasteiger partial charge in [-0.25, -0.2) is 15.2 Å². The van der Waals surface area contributed by atoms with Gasteiger partial charge in [0.15, 0.2) is 0 Å². The topological polar surface area (TPSA) is 120 Å². The Balaban J connectivity index is 1.57. The van der Waals surface area contributed by atoms with E-state index in [2.05, 4.69) is 48.6 Å². The number of aliphatic hydroxyl groups is 1. The molecule has 0 bridgehead atoms. The number of hydrazine groups is 1. The summed E-state index contributed by atoms with van der Waals surface area (Å²) in [6.07, 6.45) is 2.32. The maximum absolute atomic E-state index is 13.4. The van der Waals surface area contributed by atoms with Gasteiger partial charge in [0.25, 0.3) is 5.91 Å². The van der Waals surface area contributed by atoms with Crippen LogP contribution >= 0.6 is 11.3 Å². The fourth-order valence-corrected chi connectivity index (χ4v) is 5.58. The van der Waals surface area contributed by atoms with Crippen LogP contribution in [-0.4, -0.2) is 63.4 Å². The number of fused-ring (bicyclic) bond motifs is 1. The van der Waals surface area contributed by atoms with Crippen molar-refractivity contribution >= 4 is 34.2 Å². The molecule has 1 aliphatic heterocycles. The number of aliphatic hydroxyl groups excluding tert-OH is 1. The van der Waals surface area contributed by atoms with Crippen LogP contribution in [0.2, 0.25) is 0 Å². The summed E-state index contributed by atoms with van der Waals surface area (Å²) in [7, 11) is 0. The van der Waals surface area contributed by atoms with Gasteiger partial charge in [-0.15, -0.1) is 11.3 Å². The van der Waals surface area contributed by atoms with Gasteiger partial charge in [0.2, 0.25) is 0 Å². The SMILES string of the molecule is Cc1[nH]c2ccc(-c3csc(CC(NC(=O)OC(C)(C)C)C(=O)N4CCCCN4)n3)cc2c1CC(C)(C)CO. The smallest absolute Gasteiger partial charge is 0.408 e. The molecule has 0 radical (unpaired) electrons. The first-order valence-corrected chi connectivity index (χ1v) is 14.4. The van der Waals surface area contributed by atoms with Crippen molar-refractivity contribution in [3.05, 3.63) is 39.8 Å². The standard InChI is InChI=1S/C29H41N5O4S/c1-18-21(15-29(5,6)17-35)20-13-19(9-10-22(20)31-18)24-16-39-25(32-24)14-23(33-27(37)38-28(2,3)4)26(36)34-12-8-7-11-30-34/h9-10,13,16,23,30-31,35H,7-8,11-12,14-15,17H2,1-6H3,(H,33,37). The van der Waals surface area contributed by atoms with Crippen molar-refractivity contribution in [2.75, 3.05) is 19.7 Å². The Morgan fingerprint density at radius 1 is 1.23 bits per heavy atom. The van der Waals surface area contributed by atoms with Crippen molar-refractivity contribution in [2.45, 2.75) is 78.9 Å². The fraction of sp³-hybridized carbons (Fsp3) is 0.552. The number of rotatable bonds is 8. The Morgan fingerprint density at radius 3 is 2.67 bits per heavy atom. The van der Waals surface area contributed by atoms with Gasteiger partial charge >= 0.3 is 6.09 Å². The first kappa shape index (κ1) is 29.0. The summed E-state index contributed by atoms with van der Waals surface area (Å²) >= 11 is 1.47. The minimum Gasteiger partial charge on any atom is -0.444 e. The number of nitrogens with one attached hydrogen (secondary N) is 3. The molecule has 1 atom stereocenters. The van der Waals surface area contributed by atoms with E-state index in [4.69, 9.17) is 9.72 Å². The average Bonchev–Trinajstić information content (AvgIpc) is 3.46. The van der Waals surface area contributed by atoms with Gasteiger partial charge in [-0.3, -0.25) is 9.80 Å². The Labute approximate surface area is 234 Å². The molecule has 4 rings (SSSR count). The lowest BCUT2D eigenvalue weighted by Gasteiger charge is -2.31. The van der Waals surface area contributed by atoms with Crippen molar-refractivity contribution in [2.24, 2.45) is 5.41 Å². The highest BCUT2D eigenvalue weighted by Gasteiger charge is 2.30. The summed E-state index contributed by atoms with van der Waals surface area (Å²) in [5.74, 6) is -0.197. The van der Waals surface area contributed by atoms with Crippen LogP contribution in [0.4, 0.5) is 4.79 Å². The van der Waals surface area contributed by atoms with Crippen LogP contribution in [0, 0.1) is 12.3 Å². The third-order valence-corrected chi connectivity index (χ3v) is 7.67. The molecule has 1 saturated heterocycles. The zero-order valence-electron chi connectivity index (χ0n) is 23.8. The molecule has 1 aliphatic rings. The van der Waals surface area contributed by atoms with E-state index in [1.807, 2.05) is 11.4 Å². The Morgan fingerprint density at radius 2 is 2.00 bits per heavy atom. The van der Waals surface area contributed by atoms with Crippen molar-refractivity contribution in [3.63, 3.8) is 0 Å². The van der Waals surface area contributed by atoms with E-state index in [1.165, 1.54) is 16.9 Å². The predicted molar refractivity (Wildman–Crippen MR) is 155 cm³/mol. The molecule has 39 heavy (non-hydrogen) atoms. The molecule has 1 aromatic carbocycles. The highest BCUT2D eigenvalue weighted by Crippen LogP contribution is 2.33. The maximum atomic E-state index is 13.4. The van der Waals surface area contributed by atoms with Gasteiger partial charge in [-0.1, -0.05) is 19.9 Å². The molecule has 0 spiro atoms. The summed E-state index contributed by atoms with van der Waals surface area (Å²) < 4.78 is 5.44. The summed E-state index contributed by atoms with van der Waals surface area (Å²) in [6.45, 7) is 13.0. The third-order valence-electron chi connectivity index (χ3n) is 6.80. The summed E-state index contributed by atoms with van der Waals surface area (Å²) in [5.41, 5.74) is 7.39. The Hall–Kier alpha value is -2.95. The molecule has 1 unspecified atom stereocenters. The average molecular weight is 556 g/mol. The number of hydrogen-bond acceptors (Lipinski definition) is 7. The number of nitrogens with zero attached hydrogens (tertiary/aromatic N) is 2. The second-order valence-electron chi connectivity index (χ2n) is 12.1. The van der Waals surface area contributed by atoms with E-state index >= 15 is 0 Å². The molecular formula is C29H41N5O4S. The summed E-state index contributed by atoms with van der Waals surface area (Å²) in [5, 5.41) is 18.0. The van der Waals surface area contributed by atoms with E-state index < -0.39 is 17.7 Å². The van der Waals surface area contributed by atoms with Crippen LogP contribution in [0.25, 0.3) is 22.2 Å². The number of alkyl carbamates (subject to hydrolysis) is 1. The predicted octanol–water partition coefficient (Wildman–Crippen LogP) is 4.72. The zero-order chi connectivity index (χ0) is 28.4. The molecule has 10 heteroatoms. The van der Waals surface area contributed by atoms with Crippen LogP contribution in [0.15, 0.2) is 23.6 Å². The van der Waals surface area contributed by atoms with Crippen molar-refractivity contribution in [3.8, 4) is 11.3 Å². The first-order valence-electron chi connectivity index (χ1n) is 13.6. The molecule has 4 N–H and O–H groups in total. The molecule has 3 aromatic rings. The van der Waals surface area contributed by atoms with Crippen LogP contribution in [0.3, 0.4) is 0 Å². The molecule has 3 heterocycles. The number of carbonyl (C=O) groups is 2. The number of carbonyl (C=O) groups excluding carboxylic acids is 2. The van der Waals surface area contributed by atoms with E-state index in [1.54, 1.807) is 25.8 Å². The number of aromatic amines is 1. The van der Waals surface area contributed by atoms with E-state index in [0.717, 1.165) is 58.7 Å². The van der Waals surface area contributed by atoms with Crippen LogP contribution < -0.4 is 10.7 Å². The lowest BCUT2D eigenvalue weighted by molar-refractivity contribution is -0.137. The molecule has 212 valence electrons. The molecular weight excluding hydrogens is 514 g/mol. The number of benzene rings is 1. The summed E-state index contributed by atoms with van der Waals surface area (Å²) in [4.78, 5) is 34.3. The second-order valence-corrected chi connectivity index (χ2v) is 13.1. The van der Waals surface area contributed by atoms with Crippen molar-refractivity contribution in [1.82, 2.24) is 25.7 Å². The van der Waals surface area contributed by atoms with Gasteiger partial charge < -0.3 is 20.1 Å². The lowest BCUT2D eigenvalue weighted by atomic mass is 9.85. The second kappa shape index (κ2) is 11.7. The molecule has 1 fully saturated rings. The molecule has 2 aromatic heterocycles. The molecule has 0 saturated carbocycles. The summed E-state index contributed by atoms with van der Waals surface area (Å²) in [6, 6.07) is 5.44. The molecule has 0 aliphatic carbocycles. The first-order chi connectivity index (χ1) is 18.3. The van der Waals surface area contributed by atoms with Crippen LogP contribution in [0.1, 0.15) is 63.7 Å². The highest BCUT2D eigenvalue weighted by atomic mass is 32.1. The fourth-order valence-electron chi connectivity index (χ4n) is 4.73.